The minimum atomic E-state index is 0.552. The molecule has 1 aromatic heterocycles. The van der Waals surface area contributed by atoms with Gasteiger partial charge in [0.2, 0.25) is 0 Å². The number of anilines is 2. The fourth-order valence-electron chi connectivity index (χ4n) is 2.84. The van der Waals surface area contributed by atoms with Crippen molar-refractivity contribution in [2.24, 2.45) is 7.05 Å². The molecule has 4 nitrogen and oxygen atoms in total. The molecule has 2 atom stereocenters. The van der Waals surface area contributed by atoms with Crippen LogP contribution >= 0.6 is 11.8 Å². The fraction of sp³-hybridized carbons (Fsp3) is 0.786. The van der Waals surface area contributed by atoms with Crippen LogP contribution < -0.4 is 11.1 Å². The quantitative estimate of drug-likeness (QED) is 0.842. The van der Waals surface area contributed by atoms with Gasteiger partial charge in [-0.1, -0.05) is 20.3 Å². The second-order valence-corrected chi connectivity index (χ2v) is 6.89. The molecule has 5 heteroatoms. The van der Waals surface area contributed by atoms with Crippen LogP contribution in [0.2, 0.25) is 0 Å². The van der Waals surface area contributed by atoms with Gasteiger partial charge in [0.05, 0.1) is 11.4 Å². The van der Waals surface area contributed by atoms with Crippen LogP contribution in [0.4, 0.5) is 11.5 Å². The minimum Gasteiger partial charge on any atom is -0.394 e. The summed E-state index contributed by atoms with van der Waals surface area (Å²) in [5.41, 5.74) is 8.09. The first-order valence-electron chi connectivity index (χ1n) is 7.35. The van der Waals surface area contributed by atoms with Gasteiger partial charge in [-0.05, 0) is 31.4 Å². The van der Waals surface area contributed by atoms with Crippen LogP contribution in [0.25, 0.3) is 0 Å². The molecule has 1 fully saturated rings. The van der Waals surface area contributed by atoms with E-state index in [2.05, 4.69) is 36.0 Å². The number of aryl methyl sites for hydroxylation is 2. The van der Waals surface area contributed by atoms with E-state index < -0.39 is 0 Å². The summed E-state index contributed by atoms with van der Waals surface area (Å²) in [6.45, 7) is 4.40. The molecule has 0 amide bonds. The molecule has 0 bridgehead atoms. The lowest BCUT2D eigenvalue weighted by molar-refractivity contribution is 0.702. The highest BCUT2D eigenvalue weighted by atomic mass is 32.2. The Morgan fingerprint density at radius 3 is 2.89 bits per heavy atom. The topological polar surface area (TPSA) is 55.9 Å². The van der Waals surface area contributed by atoms with E-state index in [0.717, 1.165) is 35.3 Å². The van der Waals surface area contributed by atoms with Gasteiger partial charge in [0.25, 0.3) is 0 Å². The van der Waals surface area contributed by atoms with Crippen LogP contribution in [-0.2, 0) is 13.5 Å². The van der Waals surface area contributed by atoms with Crippen molar-refractivity contribution in [3.63, 3.8) is 0 Å². The SMILES string of the molecule is CCCc1nn(C)c(NC2CCC(SCC)C2)c1N. The predicted octanol–water partition coefficient (Wildman–Crippen LogP) is 3.04. The van der Waals surface area contributed by atoms with Crippen molar-refractivity contribution in [3.05, 3.63) is 5.69 Å². The maximum atomic E-state index is 6.21. The van der Waals surface area contributed by atoms with E-state index in [1.807, 2.05) is 11.7 Å². The Morgan fingerprint density at radius 2 is 2.21 bits per heavy atom. The van der Waals surface area contributed by atoms with Crippen molar-refractivity contribution in [2.75, 3.05) is 16.8 Å². The number of hydrogen-bond acceptors (Lipinski definition) is 4. The molecule has 0 radical (unpaired) electrons. The smallest absolute Gasteiger partial charge is 0.147 e. The summed E-state index contributed by atoms with van der Waals surface area (Å²) in [7, 11) is 1.98. The highest BCUT2D eigenvalue weighted by Crippen LogP contribution is 2.33. The number of rotatable bonds is 6. The molecular formula is C14H26N4S. The number of nitrogens with one attached hydrogen (secondary N) is 1. The second kappa shape index (κ2) is 6.55. The zero-order chi connectivity index (χ0) is 13.8. The Bertz CT molecular complexity index is 416. The van der Waals surface area contributed by atoms with Crippen LogP contribution in [-0.4, -0.2) is 26.8 Å². The summed E-state index contributed by atoms with van der Waals surface area (Å²) in [5.74, 6) is 2.22. The van der Waals surface area contributed by atoms with E-state index in [0.29, 0.717) is 6.04 Å². The number of hydrogen-bond donors (Lipinski definition) is 2. The third kappa shape index (κ3) is 3.38. The molecule has 1 heterocycles. The van der Waals surface area contributed by atoms with E-state index >= 15 is 0 Å². The average Bonchev–Trinajstić information content (AvgIpc) is 2.91. The lowest BCUT2D eigenvalue weighted by Gasteiger charge is -2.15. The lowest BCUT2D eigenvalue weighted by Crippen LogP contribution is -2.19. The third-order valence-corrected chi connectivity index (χ3v) is 5.01. The highest BCUT2D eigenvalue weighted by molar-refractivity contribution is 7.99. The minimum absolute atomic E-state index is 0.552. The Hall–Kier alpha value is -0.840. The van der Waals surface area contributed by atoms with E-state index in [1.54, 1.807) is 0 Å². The molecule has 0 aromatic carbocycles. The van der Waals surface area contributed by atoms with Crippen LogP contribution in [0.15, 0.2) is 0 Å². The summed E-state index contributed by atoms with van der Waals surface area (Å²) < 4.78 is 1.90. The van der Waals surface area contributed by atoms with E-state index in [1.165, 1.54) is 25.0 Å². The molecule has 2 unspecified atom stereocenters. The van der Waals surface area contributed by atoms with Gasteiger partial charge < -0.3 is 11.1 Å². The monoisotopic (exact) mass is 282 g/mol. The van der Waals surface area contributed by atoms with Crippen LogP contribution in [0.5, 0.6) is 0 Å². The summed E-state index contributed by atoms with van der Waals surface area (Å²) in [6.07, 6.45) is 5.84. The van der Waals surface area contributed by atoms with Gasteiger partial charge in [0.1, 0.15) is 5.82 Å². The Labute approximate surface area is 120 Å². The lowest BCUT2D eigenvalue weighted by atomic mass is 10.2. The van der Waals surface area contributed by atoms with Crippen molar-refractivity contribution in [1.29, 1.82) is 0 Å². The van der Waals surface area contributed by atoms with E-state index in [9.17, 15) is 0 Å². The Morgan fingerprint density at radius 1 is 1.42 bits per heavy atom. The molecular weight excluding hydrogens is 256 g/mol. The van der Waals surface area contributed by atoms with Crippen LogP contribution in [0, 0.1) is 0 Å². The van der Waals surface area contributed by atoms with Gasteiger partial charge in [0.15, 0.2) is 0 Å². The molecule has 0 aliphatic heterocycles. The Balaban J connectivity index is 2.00. The fourth-order valence-corrected chi connectivity index (χ4v) is 3.98. The number of thioether (sulfide) groups is 1. The molecule has 108 valence electrons. The number of nitrogens with zero attached hydrogens (tertiary/aromatic N) is 2. The number of aromatic nitrogens is 2. The van der Waals surface area contributed by atoms with Gasteiger partial charge in [0, 0.05) is 18.3 Å². The summed E-state index contributed by atoms with van der Waals surface area (Å²) in [4.78, 5) is 0. The van der Waals surface area contributed by atoms with Crippen LogP contribution in [0.1, 0.15) is 45.2 Å². The average molecular weight is 282 g/mol. The van der Waals surface area contributed by atoms with E-state index in [4.69, 9.17) is 5.73 Å². The molecule has 1 aliphatic carbocycles. The normalized spacial score (nSPS) is 22.9. The Kier molecular flexibility index (Phi) is 5.02. The molecule has 19 heavy (non-hydrogen) atoms. The second-order valence-electron chi connectivity index (χ2n) is 5.31. The molecule has 2 rings (SSSR count). The summed E-state index contributed by atoms with van der Waals surface area (Å²) in [6, 6.07) is 0.552. The maximum Gasteiger partial charge on any atom is 0.147 e. The van der Waals surface area contributed by atoms with Gasteiger partial charge in [-0.3, -0.25) is 4.68 Å². The van der Waals surface area contributed by atoms with Crippen molar-refractivity contribution in [1.82, 2.24) is 9.78 Å². The molecule has 1 aliphatic rings. The van der Waals surface area contributed by atoms with Crippen LogP contribution in [0.3, 0.4) is 0 Å². The van der Waals surface area contributed by atoms with E-state index in [-0.39, 0.29) is 0 Å². The first kappa shape index (κ1) is 14.6. The number of nitrogen functional groups attached to an aromatic ring is 1. The first-order valence-corrected chi connectivity index (χ1v) is 8.40. The summed E-state index contributed by atoms with van der Waals surface area (Å²) in [5, 5.41) is 8.94. The van der Waals surface area contributed by atoms with Gasteiger partial charge >= 0.3 is 0 Å². The third-order valence-electron chi connectivity index (χ3n) is 3.77. The maximum absolute atomic E-state index is 6.21. The first-order chi connectivity index (χ1) is 9.15. The molecule has 3 N–H and O–H groups in total. The van der Waals surface area contributed by atoms with Crippen molar-refractivity contribution < 1.29 is 0 Å². The molecule has 0 saturated heterocycles. The van der Waals surface area contributed by atoms with Crippen molar-refractivity contribution in [3.8, 4) is 0 Å². The van der Waals surface area contributed by atoms with Gasteiger partial charge in [-0.25, -0.2) is 0 Å². The zero-order valence-electron chi connectivity index (χ0n) is 12.3. The predicted molar refractivity (Wildman–Crippen MR) is 84.8 cm³/mol. The molecule has 1 aromatic rings. The summed E-state index contributed by atoms with van der Waals surface area (Å²) >= 11 is 2.08. The molecule has 1 saturated carbocycles. The van der Waals surface area contributed by atoms with Crippen molar-refractivity contribution in [2.45, 2.75) is 57.2 Å². The zero-order valence-corrected chi connectivity index (χ0v) is 13.1. The number of nitrogens with two attached hydrogens (primary N) is 1. The van der Waals surface area contributed by atoms with Crippen molar-refractivity contribution >= 4 is 23.3 Å². The molecule has 0 spiro atoms. The largest absolute Gasteiger partial charge is 0.394 e. The standard InChI is InChI=1S/C14H26N4S/c1-4-6-12-13(15)14(18(3)17-12)16-10-7-8-11(9-10)19-5-2/h10-11,16H,4-9,15H2,1-3H3. The van der Waals surface area contributed by atoms with Gasteiger partial charge in [-0.2, -0.15) is 16.9 Å². The van der Waals surface area contributed by atoms with Gasteiger partial charge in [-0.15, -0.1) is 0 Å². The highest BCUT2D eigenvalue weighted by Gasteiger charge is 2.26.